The smallest absolute Gasteiger partial charge is 0.311 e. The van der Waals surface area contributed by atoms with Gasteiger partial charge in [-0.3, -0.25) is 33.7 Å². The molecule has 0 aliphatic rings. The van der Waals surface area contributed by atoms with Gasteiger partial charge in [0.25, 0.3) is 32.1 Å². The first-order valence-corrected chi connectivity index (χ1v) is 20.7. The minimum absolute atomic E-state index is 0.00774. The molecule has 0 radical (unpaired) electrons. The van der Waals surface area contributed by atoms with Crippen LogP contribution in [0.25, 0.3) is 22.3 Å². The molecule has 0 saturated carbocycles. The molecule has 290 valence electrons. The molecule has 0 spiro atoms. The number of nitrogens with zero attached hydrogens (tertiary/aromatic N) is 5. The maximum atomic E-state index is 12.5. The fourth-order valence-corrected chi connectivity index (χ4v) is 7.27. The van der Waals surface area contributed by atoms with Gasteiger partial charge in [0.15, 0.2) is 17.5 Å². The molecule has 13 N–H and O–H groups in total. The van der Waals surface area contributed by atoms with Gasteiger partial charge in [-0.15, -0.1) is 0 Å². The highest BCUT2D eigenvalue weighted by Gasteiger charge is 2.23. The lowest BCUT2D eigenvalue weighted by Gasteiger charge is -2.18. The lowest BCUT2D eigenvalue weighted by Crippen LogP contribution is -2.39. The Morgan fingerprint density at radius 2 is 1.40 bits per heavy atom. The third-order valence-corrected chi connectivity index (χ3v) is 10.2. The SMILES string of the molecule is CC(Cn1cnc2c(=O)[nH]c(N)nc21)OCP(=O)(O)NCCCNCCCCNCCCNP(=O)(O)COC(C)C[n+]1c[nH]c2c(=O)[nH]c(N)nc21. The summed E-state index contributed by atoms with van der Waals surface area (Å²) in [4.78, 5) is 64.3. The molecule has 0 aliphatic heterocycles. The first-order chi connectivity index (χ1) is 24.7. The van der Waals surface area contributed by atoms with Crippen molar-refractivity contribution in [1.82, 2.24) is 55.3 Å². The Morgan fingerprint density at radius 1 is 0.846 bits per heavy atom. The van der Waals surface area contributed by atoms with Gasteiger partial charge in [0, 0.05) is 13.1 Å². The average molecular weight is 774 g/mol. The molecular weight excluding hydrogens is 722 g/mol. The minimum Gasteiger partial charge on any atom is -0.369 e. The fraction of sp³-hybridized carbons (Fsp3) is 0.643. The van der Waals surface area contributed by atoms with Gasteiger partial charge in [-0.1, -0.05) is 4.98 Å². The van der Waals surface area contributed by atoms with Crippen LogP contribution in [-0.2, 0) is 31.7 Å². The van der Waals surface area contributed by atoms with Crippen LogP contribution in [0.2, 0.25) is 0 Å². The Morgan fingerprint density at radius 3 is 2.04 bits per heavy atom. The Labute approximate surface area is 298 Å². The van der Waals surface area contributed by atoms with Crippen LogP contribution in [-0.4, -0.2) is 108 Å². The first kappa shape index (κ1) is 41.2. The second kappa shape index (κ2) is 19.5. The quantitative estimate of drug-likeness (QED) is 0.0215. The summed E-state index contributed by atoms with van der Waals surface area (Å²) in [5.41, 5.74) is 11.5. The molecular formula is C28H51N14O8P2+. The third kappa shape index (κ3) is 13.1. The second-order valence-corrected chi connectivity index (χ2v) is 16.4. The Hall–Kier alpha value is -3.56. The standard InChI is InChI=1S/C28H50N14O8P2/c1-19(13-41-15-33-21-23(41)37-27(29)39-25(21)43)49-17-51(45,46)35-11-5-9-31-7-3-4-8-32-10-6-12-36-52(47,48)18-50-20(2)14-42-16-34-22-24(42)38-28(30)40-26(22)44/h15-16,19-20,31-32H,3-14,17-18H2,1-2H3,(H10,29,30,35,36,37,38,39,40,43,44,45,46,47,48)/p+1. The predicted octanol–water partition coefficient (Wildman–Crippen LogP) is -1.15. The fourth-order valence-electron chi connectivity index (χ4n) is 5.15. The predicted molar refractivity (Wildman–Crippen MR) is 195 cm³/mol. The van der Waals surface area contributed by atoms with Crippen molar-refractivity contribution in [3.05, 3.63) is 33.4 Å². The number of rotatable bonds is 25. The summed E-state index contributed by atoms with van der Waals surface area (Å²) < 4.78 is 39.4. The normalized spacial score (nSPS) is 15.5. The molecule has 0 fully saturated rings. The van der Waals surface area contributed by atoms with Gasteiger partial charge in [-0.25, -0.2) is 19.7 Å². The van der Waals surface area contributed by atoms with E-state index in [4.69, 9.17) is 20.9 Å². The van der Waals surface area contributed by atoms with E-state index in [0.717, 1.165) is 25.9 Å². The number of imidazole rings is 2. The number of aromatic amines is 3. The second-order valence-electron chi connectivity index (χ2n) is 12.4. The highest BCUT2D eigenvalue weighted by molar-refractivity contribution is 7.55. The maximum Gasteiger partial charge on any atom is 0.311 e. The molecule has 0 bridgehead atoms. The van der Waals surface area contributed by atoms with Crippen LogP contribution in [0.5, 0.6) is 0 Å². The molecule has 0 aliphatic carbocycles. The van der Waals surface area contributed by atoms with Gasteiger partial charge < -0.3 is 45.9 Å². The van der Waals surface area contributed by atoms with Crippen LogP contribution in [0.15, 0.2) is 22.2 Å². The number of hydrogen-bond donors (Lipinski definition) is 11. The van der Waals surface area contributed by atoms with E-state index in [1.807, 2.05) is 0 Å². The molecule has 4 rings (SSSR count). The lowest BCUT2D eigenvalue weighted by molar-refractivity contribution is -0.679. The summed E-state index contributed by atoms with van der Waals surface area (Å²) in [7, 11) is -7.39. The van der Waals surface area contributed by atoms with E-state index in [1.165, 1.54) is 6.33 Å². The molecule has 4 aromatic heterocycles. The van der Waals surface area contributed by atoms with Crippen molar-refractivity contribution in [2.45, 2.75) is 64.8 Å². The van der Waals surface area contributed by atoms with Crippen molar-refractivity contribution in [3.63, 3.8) is 0 Å². The zero-order valence-electron chi connectivity index (χ0n) is 29.3. The zero-order chi connectivity index (χ0) is 37.7. The number of aromatic nitrogens is 8. The van der Waals surface area contributed by atoms with E-state index in [1.54, 1.807) is 29.3 Å². The van der Waals surface area contributed by atoms with Gasteiger partial charge in [0.05, 0.1) is 31.6 Å². The molecule has 52 heavy (non-hydrogen) atoms. The molecule has 4 unspecified atom stereocenters. The van der Waals surface area contributed by atoms with E-state index in [-0.39, 0.29) is 47.7 Å². The summed E-state index contributed by atoms with van der Waals surface area (Å²) in [6, 6.07) is 0. The van der Waals surface area contributed by atoms with Crippen molar-refractivity contribution >= 4 is 49.3 Å². The van der Waals surface area contributed by atoms with Crippen molar-refractivity contribution in [2.75, 3.05) is 63.4 Å². The number of H-pyrrole nitrogens is 3. The number of fused-ring (bicyclic) bond motifs is 2. The Bertz CT molecular complexity index is 1810. The number of hydrogen-bond acceptors (Lipinski definition) is 13. The molecule has 0 saturated heterocycles. The van der Waals surface area contributed by atoms with Gasteiger partial charge in [0.2, 0.25) is 11.5 Å². The van der Waals surface area contributed by atoms with Crippen molar-refractivity contribution in [2.24, 2.45) is 0 Å². The van der Waals surface area contributed by atoms with Crippen molar-refractivity contribution in [3.8, 4) is 0 Å². The number of unbranched alkanes of at least 4 members (excludes halogenated alkanes) is 1. The first-order valence-electron chi connectivity index (χ1n) is 17.0. The molecule has 0 aromatic carbocycles. The number of anilines is 2. The number of nitrogens with one attached hydrogen (secondary N) is 7. The highest BCUT2D eigenvalue weighted by atomic mass is 31.2. The highest BCUT2D eigenvalue weighted by Crippen LogP contribution is 2.36. The van der Waals surface area contributed by atoms with Gasteiger partial charge in [-0.2, -0.15) is 4.98 Å². The number of nitrogen functional groups attached to an aromatic ring is 2. The van der Waals surface area contributed by atoms with Gasteiger partial charge in [0.1, 0.15) is 12.7 Å². The Balaban J connectivity index is 0.951. The van der Waals surface area contributed by atoms with Gasteiger partial charge >= 0.3 is 5.65 Å². The van der Waals surface area contributed by atoms with Crippen LogP contribution in [0.4, 0.5) is 11.9 Å². The monoisotopic (exact) mass is 773 g/mol. The minimum atomic E-state index is -3.70. The van der Waals surface area contributed by atoms with Crippen LogP contribution in [0.3, 0.4) is 0 Å². The molecule has 4 aromatic rings. The van der Waals surface area contributed by atoms with E-state index < -0.39 is 32.8 Å². The summed E-state index contributed by atoms with van der Waals surface area (Å²) >= 11 is 0. The third-order valence-electron chi connectivity index (χ3n) is 7.76. The lowest BCUT2D eigenvalue weighted by atomic mass is 10.3. The maximum absolute atomic E-state index is 12.5. The molecule has 0 amide bonds. The topological polar surface area (TPSA) is 322 Å². The van der Waals surface area contributed by atoms with Gasteiger partial charge in [-0.05, 0) is 65.7 Å². The molecule has 4 atom stereocenters. The summed E-state index contributed by atoms with van der Waals surface area (Å²) in [5, 5.41) is 12.0. The van der Waals surface area contributed by atoms with E-state index >= 15 is 0 Å². The Kier molecular flexibility index (Phi) is 15.4. The van der Waals surface area contributed by atoms with E-state index in [2.05, 4.69) is 50.7 Å². The summed E-state index contributed by atoms with van der Waals surface area (Å²) in [5.74, 6) is -0.0349. The summed E-state index contributed by atoms with van der Waals surface area (Å²) in [6.45, 7) is 7.75. The molecule has 22 nitrogen and oxygen atoms in total. The van der Waals surface area contributed by atoms with Crippen LogP contribution >= 0.6 is 15.0 Å². The van der Waals surface area contributed by atoms with Crippen molar-refractivity contribution in [1.29, 1.82) is 0 Å². The van der Waals surface area contributed by atoms with Crippen LogP contribution in [0, 0.1) is 0 Å². The van der Waals surface area contributed by atoms with Crippen molar-refractivity contribution < 1.29 is 33.0 Å². The van der Waals surface area contributed by atoms with E-state index in [9.17, 15) is 28.5 Å². The average Bonchev–Trinajstić information content (AvgIpc) is 3.67. The molecule has 4 heterocycles. The summed E-state index contributed by atoms with van der Waals surface area (Å²) in [6.07, 6.45) is 4.63. The number of nitrogens with two attached hydrogens (primary N) is 2. The largest absolute Gasteiger partial charge is 0.369 e. The number of ether oxygens (including phenoxy) is 2. The van der Waals surface area contributed by atoms with Crippen LogP contribution < -0.4 is 48.0 Å². The van der Waals surface area contributed by atoms with Crippen LogP contribution in [0.1, 0.15) is 39.5 Å². The molecule has 24 heteroatoms. The van der Waals surface area contributed by atoms with E-state index in [0.29, 0.717) is 56.9 Å². The zero-order valence-corrected chi connectivity index (χ0v) is 31.1.